The second kappa shape index (κ2) is 6.83. The van der Waals surface area contributed by atoms with Crippen molar-refractivity contribution in [1.29, 1.82) is 0 Å². The lowest BCUT2D eigenvalue weighted by molar-refractivity contribution is -0.123. The zero-order valence-corrected chi connectivity index (χ0v) is 12.3. The molecule has 1 aromatic carbocycles. The lowest BCUT2D eigenvalue weighted by Gasteiger charge is -2.12. The molecule has 0 radical (unpaired) electrons. The SMILES string of the molecule is CC(C)c1cccc(OCC(=O)NC(C)c2nn[nH]n2)c1. The Kier molecular flexibility index (Phi) is 4.86. The first-order chi connectivity index (χ1) is 10.1. The summed E-state index contributed by atoms with van der Waals surface area (Å²) in [6.45, 7) is 5.95. The summed E-state index contributed by atoms with van der Waals surface area (Å²) in [5, 5.41) is 16.2. The molecule has 0 aliphatic rings. The van der Waals surface area contributed by atoms with Crippen LogP contribution in [0, 0.1) is 0 Å². The van der Waals surface area contributed by atoms with Gasteiger partial charge in [0.25, 0.3) is 5.91 Å². The fraction of sp³-hybridized carbons (Fsp3) is 0.429. The number of nitrogens with one attached hydrogen (secondary N) is 2. The van der Waals surface area contributed by atoms with Crippen LogP contribution in [0.5, 0.6) is 5.75 Å². The van der Waals surface area contributed by atoms with E-state index in [0.717, 1.165) is 0 Å². The van der Waals surface area contributed by atoms with Gasteiger partial charge >= 0.3 is 0 Å². The number of carbonyl (C=O) groups is 1. The predicted octanol–water partition coefficient (Wildman–Crippen LogP) is 1.58. The van der Waals surface area contributed by atoms with Crippen LogP contribution in [0.4, 0.5) is 0 Å². The number of ether oxygens (including phenoxy) is 1. The summed E-state index contributed by atoms with van der Waals surface area (Å²) >= 11 is 0. The van der Waals surface area contributed by atoms with E-state index in [1.165, 1.54) is 5.56 Å². The second-order valence-electron chi connectivity index (χ2n) is 5.08. The molecular weight excluding hydrogens is 270 g/mol. The number of carbonyl (C=O) groups excluding carboxylic acids is 1. The van der Waals surface area contributed by atoms with E-state index in [0.29, 0.717) is 17.5 Å². The fourth-order valence-corrected chi connectivity index (χ4v) is 1.81. The van der Waals surface area contributed by atoms with Crippen molar-refractivity contribution in [3.05, 3.63) is 35.7 Å². The Morgan fingerprint density at radius 2 is 2.19 bits per heavy atom. The zero-order valence-electron chi connectivity index (χ0n) is 12.3. The van der Waals surface area contributed by atoms with Gasteiger partial charge in [0, 0.05) is 0 Å². The number of nitrogens with zero attached hydrogens (tertiary/aromatic N) is 3. The molecule has 112 valence electrons. The van der Waals surface area contributed by atoms with E-state index in [2.05, 4.69) is 39.8 Å². The molecule has 7 nitrogen and oxygen atoms in total. The maximum absolute atomic E-state index is 11.8. The van der Waals surface area contributed by atoms with Crippen molar-refractivity contribution >= 4 is 5.91 Å². The molecule has 2 rings (SSSR count). The van der Waals surface area contributed by atoms with E-state index >= 15 is 0 Å². The van der Waals surface area contributed by atoms with Crippen molar-refractivity contribution in [2.24, 2.45) is 0 Å². The Balaban J connectivity index is 1.85. The molecule has 7 heteroatoms. The summed E-state index contributed by atoms with van der Waals surface area (Å²) in [4.78, 5) is 11.8. The molecule has 0 aliphatic carbocycles. The summed E-state index contributed by atoms with van der Waals surface area (Å²) < 4.78 is 5.50. The fourth-order valence-electron chi connectivity index (χ4n) is 1.81. The Morgan fingerprint density at radius 3 is 2.86 bits per heavy atom. The van der Waals surface area contributed by atoms with Crippen molar-refractivity contribution in [1.82, 2.24) is 25.9 Å². The smallest absolute Gasteiger partial charge is 0.258 e. The van der Waals surface area contributed by atoms with Gasteiger partial charge in [-0.3, -0.25) is 4.79 Å². The van der Waals surface area contributed by atoms with Gasteiger partial charge in [-0.1, -0.05) is 31.2 Å². The number of amides is 1. The molecular formula is C14H19N5O2. The molecule has 1 aromatic heterocycles. The molecule has 1 atom stereocenters. The number of aromatic amines is 1. The first kappa shape index (κ1) is 15.0. The Morgan fingerprint density at radius 1 is 1.38 bits per heavy atom. The van der Waals surface area contributed by atoms with E-state index in [4.69, 9.17) is 4.74 Å². The van der Waals surface area contributed by atoms with E-state index in [-0.39, 0.29) is 18.6 Å². The molecule has 1 unspecified atom stereocenters. The third kappa shape index (κ3) is 4.27. The van der Waals surface area contributed by atoms with Crippen LogP contribution < -0.4 is 10.1 Å². The number of aromatic nitrogens is 4. The standard InChI is InChI=1S/C14H19N5O2/c1-9(2)11-5-4-6-12(7-11)21-8-13(20)15-10(3)14-16-18-19-17-14/h4-7,9-10H,8H2,1-3H3,(H,15,20)(H,16,17,18,19). The van der Waals surface area contributed by atoms with E-state index in [1.54, 1.807) is 6.92 Å². The molecule has 0 bridgehead atoms. The first-order valence-corrected chi connectivity index (χ1v) is 6.81. The van der Waals surface area contributed by atoms with Gasteiger partial charge < -0.3 is 10.1 Å². The van der Waals surface area contributed by atoms with Crippen molar-refractivity contribution < 1.29 is 9.53 Å². The van der Waals surface area contributed by atoms with Crippen LogP contribution in [-0.4, -0.2) is 33.1 Å². The quantitative estimate of drug-likeness (QED) is 0.842. The number of H-pyrrole nitrogens is 1. The molecule has 0 fully saturated rings. The summed E-state index contributed by atoms with van der Waals surface area (Å²) in [5.41, 5.74) is 1.17. The van der Waals surface area contributed by atoms with Gasteiger partial charge in [0.15, 0.2) is 12.4 Å². The number of hydrogen-bond acceptors (Lipinski definition) is 5. The Bertz CT molecular complexity index is 583. The number of tetrazole rings is 1. The topological polar surface area (TPSA) is 92.8 Å². The van der Waals surface area contributed by atoms with Crippen LogP contribution in [-0.2, 0) is 4.79 Å². The Labute approximate surface area is 123 Å². The van der Waals surface area contributed by atoms with Gasteiger partial charge in [-0.25, -0.2) is 0 Å². The van der Waals surface area contributed by atoms with Crippen LogP contribution in [0.15, 0.2) is 24.3 Å². The molecule has 2 N–H and O–H groups in total. The molecule has 2 aromatic rings. The number of rotatable bonds is 6. The molecule has 0 spiro atoms. The van der Waals surface area contributed by atoms with E-state index < -0.39 is 0 Å². The highest BCUT2D eigenvalue weighted by molar-refractivity contribution is 5.77. The lowest BCUT2D eigenvalue weighted by atomic mass is 10.0. The molecule has 0 aliphatic heterocycles. The molecule has 21 heavy (non-hydrogen) atoms. The first-order valence-electron chi connectivity index (χ1n) is 6.81. The summed E-state index contributed by atoms with van der Waals surface area (Å²) in [7, 11) is 0. The highest BCUT2D eigenvalue weighted by Crippen LogP contribution is 2.20. The van der Waals surface area contributed by atoms with Gasteiger partial charge in [0.1, 0.15) is 5.75 Å². The van der Waals surface area contributed by atoms with Crippen LogP contribution >= 0.6 is 0 Å². The highest BCUT2D eigenvalue weighted by Gasteiger charge is 2.13. The van der Waals surface area contributed by atoms with Gasteiger partial charge in [0.05, 0.1) is 6.04 Å². The number of hydrogen-bond donors (Lipinski definition) is 2. The summed E-state index contributed by atoms with van der Waals surface area (Å²) in [5.74, 6) is 1.30. The van der Waals surface area contributed by atoms with E-state index in [1.807, 2.05) is 24.3 Å². The third-order valence-electron chi connectivity index (χ3n) is 3.02. The minimum Gasteiger partial charge on any atom is -0.484 e. The molecule has 0 saturated heterocycles. The maximum Gasteiger partial charge on any atom is 0.258 e. The minimum atomic E-state index is -0.318. The van der Waals surface area contributed by atoms with Gasteiger partial charge in [0.2, 0.25) is 0 Å². The van der Waals surface area contributed by atoms with Crippen molar-refractivity contribution in [2.75, 3.05) is 6.61 Å². The second-order valence-corrected chi connectivity index (χ2v) is 5.08. The predicted molar refractivity (Wildman–Crippen MR) is 76.8 cm³/mol. The normalized spacial score (nSPS) is 12.2. The van der Waals surface area contributed by atoms with Crippen LogP contribution in [0.25, 0.3) is 0 Å². The Hall–Kier alpha value is -2.44. The largest absolute Gasteiger partial charge is 0.484 e. The van der Waals surface area contributed by atoms with Gasteiger partial charge in [-0.15, -0.1) is 10.2 Å². The summed E-state index contributed by atoms with van der Waals surface area (Å²) in [6.07, 6.45) is 0. The van der Waals surface area contributed by atoms with E-state index in [9.17, 15) is 4.79 Å². The highest BCUT2D eigenvalue weighted by atomic mass is 16.5. The average Bonchev–Trinajstić information content (AvgIpc) is 2.99. The molecule has 1 heterocycles. The van der Waals surface area contributed by atoms with Crippen molar-refractivity contribution in [3.63, 3.8) is 0 Å². The maximum atomic E-state index is 11.8. The molecule has 1 amide bonds. The molecule has 0 saturated carbocycles. The average molecular weight is 289 g/mol. The van der Waals surface area contributed by atoms with Crippen LogP contribution in [0.3, 0.4) is 0 Å². The minimum absolute atomic E-state index is 0.0518. The lowest BCUT2D eigenvalue weighted by Crippen LogP contribution is -2.31. The zero-order chi connectivity index (χ0) is 15.2. The monoisotopic (exact) mass is 289 g/mol. The van der Waals surface area contributed by atoms with Crippen LogP contribution in [0.2, 0.25) is 0 Å². The van der Waals surface area contributed by atoms with Gasteiger partial charge in [-0.2, -0.15) is 5.21 Å². The van der Waals surface area contributed by atoms with Crippen molar-refractivity contribution in [2.45, 2.75) is 32.7 Å². The van der Waals surface area contributed by atoms with Crippen molar-refractivity contribution in [3.8, 4) is 5.75 Å². The number of benzene rings is 1. The van der Waals surface area contributed by atoms with Crippen LogP contribution in [0.1, 0.15) is 44.1 Å². The van der Waals surface area contributed by atoms with Gasteiger partial charge in [-0.05, 0) is 30.5 Å². The summed E-state index contributed by atoms with van der Waals surface area (Å²) in [6, 6.07) is 7.42. The third-order valence-corrected chi connectivity index (χ3v) is 3.02.